The zero-order chi connectivity index (χ0) is 19.1. The van der Waals surface area contributed by atoms with Crippen molar-refractivity contribution in [2.24, 2.45) is 0 Å². The molecule has 0 saturated heterocycles. The Hall–Kier alpha value is -3.74. The van der Waals surface area contributed by atoms with Crippen LogP contribution in [-0.2, 0) is 13.1 Å². The van der Waals surface area contributed by atoms with Crippen molar-refractivity contribution in [2.75, 3.05) is 0 Å². The number of carbonyl (C=O) groups excluding carboxylic acids is 1. The van der Waals surface area contributed by atoms with Crippen LogP contribution in [0.25, 0.3) is 16.7 Å². The number of fused-ring (bicyclic) bond motifs is 2. The number of hydrogen-bond donors (Lipinski definition) is 0. The summed E-state index contributed by atoms with van der Waals surface area (Å²) in [5.74, 6) is 0.340. The van der Waals surface area contributed by atoms with E-state index < -0.39 is 6.09 Å². The molecular formula is C21H17N5O2. The van der Waals surface area contributed by atoms with Gasteiger partial charge in [-0.1, -0.05) is 24.3 Å². The van der Waals surface area contributed by atoms with Crippen molar-refractivity contribution in [3.63, 3.8) is 0 Å². The van der Waals surface area contributed by atoms with E-state index in [-0.39, 0.29) is 0 Å². The van der Waals surface area contributed by atoms with Gasteiger partial charge in [-0.05, 0) is 37.3 Å². The minimum Gasteiger partial charge on any atom is -0.391 e. The first-order chi connectivity index (χ1) is 13.7. The Labute approximate surface area is 161 Å². The summed E-state index contributed by atoms with van der Waals surface area (Å²) in [7, 11) is 0. The number of nitrogens with zero attached hydrogens (tertiary/aromatic N) is 5. The summed E-state index contributed by atoms with van der Waals surface area (Å²) in [5, 5.41) is 5.57. The first-order valence-electron chi connectivity index (χ1n) is 9.00. The highest BCUT2D eigenvalue weighted by Crippen LogP contribution is 2.30. The van der Waals surface area contributed by atoms with Gasteiger partial charge in [0.1, 0.15) is 0 Å². The Bertz CT molecular complexity index is 1170. The summed E-state index contributed by atoms with van der Waals surface area (Å²) in [6.07, 6.45) is 1.29. The third-order valence-electron chi connectivity index (χ3n) is 4.77. The first kappa shape index (κ1) is 16.4. The van der Waals surface area contributed by atoms with Crippen LogP contribution in [0.3, 0.4) is 0 Å². The summed E-state index contributed by atoms with van der Waals surface area (Å²) in [4.78, 5) is 23.0. The van der Waals surface area contributed by atoms with E-state index in [1.54, 1.807) is 15.8 Å². The van der Waals surface area contributed by atoms with Gasteiger partial charge < -0.3 is 4.74 Å². The summed E-state index contributed by atoms with van der Waals surface area (Å²) in [6, 6.07) is 17.4. The van der Waals surface area contributed by atoms with Crippen LogP contribution in [0.2, 0.25) is 0 Å². The number of pyridine rings is 2. The second-order valence-corrected chi connectivity index (χ2v) is 6.70. The number of aromatic nitrogens is 4. The molecule has 138 valence electrons. The maximum atomic E-state index is 12.5. The van der Waals surface area contributed by atoms with Crippen molar-refractivity contribution in [1.82, 2.24) is 24.6 Å². The van der Waals surface area contributed by atoms with Crippen molar-refractivity contribution >= 4 is 17.1 Å². The summed E-state index contributed by atoms with van der Waals surface area (Å²) >= 11 is 0. The molecule has 0 radical (unpaired) electrons. The fourth-order valence-corrected chi connectivity index (χ4v) is 3.38. The highest BCUT2D eigenvalue weighted by atomic mass is 16.6. The van der Waals surface area contributed by atoms with Gasteiger partial charge in [0.05, 0.1) is 30.2 Å². The van der Waals surface area contributed by atoms with Gasteiger partial charge in [0.15, 0.2) is 5.65 Å². The maximum Gasteiger partial charge on any atom is 0.417 e. The van der Waals surface area contributed by atoms with Gasteiger partial charge in [0.2, 0.25) is 5.88 Å². The van der Waals surface area contributed by atoms with Crippen molar-refractivity contribution in [1.29, 1.82) is 0 Å². The lowest BCUT2D eigenvalue weighted by molar-refractivity contribution is 0.132. The van der Waals surface area contributed by atoms with E-state index in [1.165, 1.54) is 0 Å². The number of rotatable bonds is 3. The second kappa shape index (κ2) is 6.45. The maximum absolute atomic E-state index is 12.5. The van der Waals surface area contributed by atoms with E-state index in [0.717, 1.165) is 28.0 Å². The van der Waals surface area contributed by atoms with Gasteiger partial charge in [-0.3, -0.25) is 9.88 Å². The number of amides is 1. The number of benzene rings is 1. The molecule has 1 aliphatic heterocycles. The van der Waals surface area contributed by atoms with Crippen LogP contribution in [0.1, 0.15) is 17.0 Å². The molecule has 0 unspecified atom stereocenters. The molecule has 7 heteroatoms. The molecule has 4 heterocycles. The zero-order valence-electron chi connectivity index (χ0n) is 15.2. The predicted octanol–water partition coefficient (Wildman–Crippen LogP) is 3.64. The molecule has 7 nitrogen and oxygen atoms in total. The molecule has 0 fully saturated rings. The number of ether oxygens (including phenoxy) is 1. The van der Waals surface area contributed by atoms with Gasteiger partial charge in [-0.2, -0.15) is 10.1 Å². The van der Waals surface area contributed by atoms with Gasteiger partial charge in [0, 0.05) is 17.1 Å². The Morgan fingerprint density at radius 3 is 2.71 bits per heavy atom. The predicted molar refractivity (Wildman–Crippen MR) is 103 cm³/mol. The third-order valence-corrected chi connectivity index (χ3v) is 4.77. The Balaban J connectivity index is 1.54. The largest absolute Gasteiger partial charge is 0.417 e. The zero-order valence-corrected chi connectivity index (χ0v) is 15.2. The molecule has 0 saturated carbocycles. The molecule has 5 rings (SSSR count). The quantitative estimate of drug-likeness (QED) is 0.550. The average molecular weight is 371 g/mol. The van der Waals surface area contributed by atoms with Crippen LogP contribution in [0.5, 0.6) is 5.88 Å². The highest BCUT2D eigenvalue weighted by molar-refractivity contribution is 5.83. The van der Waals surface area contributed by atoms with Crippen LogP contribution in [0.4, 0.5) is 4.79 Å². The molecule has 0 bridgehead atoms. The SMILES string of the molecule is Cc1nn(-c2ccccc2)c2nc3c(cc12)CN(Cc1ccccn1)C(=O)O3. The molecular weight excluding hydrogens is 354 g/mol. The fourth-order valence-electron chi connectivity index (χ4n) is 3.38. The van der Waals surface area contributed by atoms with E-state index in [1.807, 2.05) is 61.5 Å². The molecule has 1 aromatic carbocycles. The highest BCUT2D eigenvalue weighted by Gasteiger charge is 2.28. The molecule has 0 aliphatic carbocycles. The van der Waals surface area contributed by atoms with E-state index in [0.29, 0.717) is 24.6 Å². The molecule has 0 spiro atoms. The standard InChI is InChI=1S/C21H17N5O2/c1-14-18-11-15-12-25(13-16-7-5-6-10-22-16)21(27)28-20(15)23-19(18)26(24-14)17-8-3-2-4-9-17/h2-11H,12-13H2,1H3. The van der Waals surface area contributed by atoms with Gasteiger partial charge in [-0.25, -0.2) is 9.48 Å². The molecule has 1 aliphatic rings. The smallest absolute Gasteiger partial charge is 0.391 e. The molecule has 28 heavy (non-hydrogen) atoms. The van der Waals surface area contributed by atoms with Crippen LogP contribution in [0, 0.1) is 6.92 Å². The van der Waals surface area contributed by atoms with E-state index >= 15 is 0 Å². The molecule has 1 amide bonds. The number of aryl methyl sites for hydroxylation is 1. The van der Waals surface area contributed by atoms with Gasteiger partial charge >= 0.3 is 6.09 Å². The average Bonchev–Trinajstić information content (AvgIpc) is 3.04. The first-order valence-corrected chi connectivity index (χ1v) is 9.00. The van der Waals surface area contributed by atoms with Crippen molar-refractivity contribution in [2.45, 2.75) is 20.0 Å². The number of para-hydroxylation sites is 1. The number of carbonyl (C=O) groups is 1. The van der Waals surface area contributed by atoms with Crippen molar-refractivity contribution in [3.05, 3.63) is 77.7 Å². The molecule has 4 aromatic rings. The van der Waals surface area contributed by atoms with Crippen molar-refractivity contribution in [3.8, 4) is 11.6 Å². The fraction of sp³-hybridized carbons (Fsp3) is 0.143. The third kappa shape index (κ3) is 2.77. The van der Waals surface area contributed by atoms with E-state index in [9.17, 15) is 4.79 Å². The lowest BCUT2D eigenvalue weighted by Crippen LogP contribution is -2.37. The minimum absolute atomic E-state index is 0.340. The molecule has 0 N–H and O–H groups in total. The Kier molecular flexibility index (Phi) is 3.79. The van der Waals surface area contributed by atoms with Crippen LogP contribution < -0.4 is 4.74 Å². The minimum atomic E-state index is -0.424. The lowest BCUT2D eigenvalue weighted by Gasteiger charge is -2.27. The summed E-state index contributed by atoms with van der Waals surface area (Å²) < 4.78 is 7.31. The second-order valence-electron chi connectivity index (χ2n) is 6.70. The molecule has 3 aromatic heterocycles. The van der Waals surface area contributed by atoms with Crippen LogP contribution in [-0.4, -0.2) is 30.7 Å². The lowest BCUT2D eigenvalue weighted by atomic mass is 10.1. The number of hydrogen-bond acceptors (Lipinski definition) is 5. The Morgan fingerprint density at radius 2 is 1.93 bits per heavy atom. The van der Waals surface area contributed by atoms with Gasteiger partial charge in [0.25, 0.3) is 0 Å². The van der Waals surface area contributed by atoms with E-state index in [4.69, 9.17) is 4.74 Å². The van der Waals surface area contributed by atoms with Crippen LogP contribution >= 0.6 is 0 Å². The summed E-state index contributed by atoms with van der Waals surface area (Å²) in [5.41, 5.74) is 4.13. The monoisotopic (exact) mass is 371 g/mol. The summed E-state index contributed by atoms with van der Waals surface area (Å²) in [6.45, 7) is 2.76. The Morgan fingerprint density at radius 1 is 1.11 bits per heavy atom. The van der Waals surface area contributed by atoms with Crippen molar-refractivity contribution < 1.29 is 9.53 Å². The normalized spacial score (nSPS) is 13.5. The topological polar surface area (TPSA) is 73.1 Å². The van der Waals surface area contributed by atoms with E-state index in [2.05, 4.69) is 15.1 Å². The van der Waals surface area contributed by atoms with Crippen LogP contribution in [0.15, 0.2) is 60.8 Å². The molecule has 0 atom stereocenters. The van der Waals surface area contributed by atoms with Gasteiger partial charge in [-0.15, -0.1) is 0 Å².